The highest BCUT2D eigenvalue weighted by molar-refractivity contribution is 5.74. The zero-order valence-corrected chi connectivity index (χ0v) is 13.0. The summed E-state index contributed by atoms with van der Waals surface area (Å²) < 4.78 is 0. The number of aliphatic hydroxyl groups excluding tert-OH is 1. The second kappa shape index (κ2) is 9.26. The predicted octanol–water partition coefficient (Wildman–Crippen LogP) is 2.64. The van der Waals surface area contributed by atoms with Crippen molar-refractivity contribution in [1.82, 2.24) is 10.6 Å². The maximum atomic E-state index is 11.7. The summed E-state index contributed by atoms with van der Waals surface area (Å²) in [4.78, 5) is 11.7. The van der Waals surface area contributed by atoms with Crippen LogP contribution in [0.1, 0.15) is 31.2 Å². The largest absolute Gasteiger partial charge is 0.396 e. The highest BCUT2D eigenvalue weighted by Crippen LogP contribution is 2.16. The minimum Gasteiger partial charge on any atom is -0.396 e. The van der Waals surface area contributed by atoms with Crippen molar-refractivity contribution in [1.29, 1.82) is 0 Å². The van der Waals surface area contributed by atoms with Crippen molar-refractivity contribution in [3.63, 3.8) is 0 Å². The van der Waals surface area contributed by atoms with E-state index in [1.165, 1.54) is 5.56 Å². The van der Waals surface area contributed by atoms with Crippen LogP contribution in [-0.4, -0.2) is 30.3 Å². The summed E-state index contributed by atoms with van der Waals surface area (Å²) in [7, 11) is 0. The molecule has 0 aliphatic heterocycles. The number of carbonyl (C=O) groups is 1. The Labute approximate surface area is 132 Å². The molecule has 2 amide bonds. The molecular formula is C18H26N2O2. The first-order chi connectivity index (χ1) is 10.8. The minimum absolute atomic E-state index is 0.0511. The fourth-order valence-corrected chi connectivity index (χ4v) is 2.71. The highest BCUT2D eigenvalue weighted by atomic mass is 16.3. The molecule has 0 bridgehead atoms. The maximum Gasteiger partial charge on any atom is 0.315 e. The van der Waals surface area contributed by atoms with Crippen LogP contribution < -0.4 is 10.6 Å². The lowest BCUT2D eigenvalue weighted by atomic mass is 10.1. The number of unbranched alkanes of at least 4 members (excludes halogenated alkanes) is 2. The molecule has 2 atom stereocenters. The van der Waals surface area contributed by atoms with Gasteiger partial charge in [-0.3, -0.25) is 0 Å². The lowest BCUT2D eigenvalue weighted by Crippen LogP contribution is -2.41. The fourth-order valence-electron chi connectivity index (χ4n) is 2.71. The lowest BCUT2D eigenvalue weighted by molar-refractivity contribution is 0.231. The standard InChI is InChI=1S/C18H26N2O2/c21-14-16-10-11-17(13-16)20-18(22)19-12-6-2-5-9-15-7-3-1-4-8-15/h1,3-4,7-8,10-11,16-17,21H,2,5-6,9,12-14H2,(H2,19,20,22)/t16-,17+/m0/s1. The van der Waals surface area contributed by atoms with E-state index >= 15 is 0 Å². The molecular weight excluding hydrogens is 276 g/mol. The van der Waals surface area contributed by atoms with Crippen LogP contribution in [0.25, 0.3) is 0 Å². The van der Waals surface area contributed by atoms with E-state index in [9.17, 15) is 4.79 Å². The van der Waals surface area contributed by atoms with Gasteiger partial charge in [0.05, 0.1) is 0 Å². The van der Waals surface area contributed by atoms with Crippen LogP contribution in [0.15, 0.2) is 42.5 Å². The van der Waals surface area contributed by atoms with Crippen molar-refractivity contribution >= 4 is 6.03 Å². The van der Waals surface area contributed by atoms with Crippen molar-refractivity contribution < 1.29 is 9.90 Å². The summed E-state index contributed by atoms with van der Waals surface area (Å²) in [5, 5.41) is 14.9. The van der Waals surface area contributed by atoms with E-state index in [0.29, 0.717) is 6.54 Å². The molecule has 0 heterocycles. The van der Waals surface area contributed by atoms with Gasteiger partial charge in [0.1, 0.15) is 0 Å². The van der Waals surface area contributed by atoms with Crippen molar-refractivity contribution in [2.24, 2.45) is 5.92 Å². The van der Waals surface area contributed by atoms with Gasteiger partial charge in [-0.2, -0.15) is 0 Å². The summed E-state index contributed by atoms with van der Waals surface area (Å²) in [5.74, 6) is 0.184. The highest BCUT2D eigenvalue weighted by Gasteiger charge is 2.19. The van der Waals surface area contributed by atoms with Gasteiger partial charge in [-0.15, -0.1) is 0 Å². The molecule has 4 nitrogen and oxygen atoms in total. The van der Waals surface area contributed by atoms with Gasteiger partial charge in [-0.05, 0) is 31.2 Å². The van der Waals surface area contributed by atoms with Gasteiger partial charge < -0.3 is 15.7 Å². The van der Waals surface area contributed by atoms with E-state index in [-0.39, 0.29) is 24.6 Å². The Bertz CT molecular complexity index is 473. The average Bonchev–Trinajstić information content (AvgIpc) is 2.99. The molecule has 0 aromatic heterocycles. The summed E-state index contributed by atoms with van der Waals surface area (Å²) in [6.45, 7) is 0.859. The molecule has 120 valence electrons. The van der Waals surface area contributed by atoms with Crippen LogP contribution in [0.5, 0.6) is 0 Å². The van der Waals surface area contributed by atoms with Crippen molar-refractivity contribution in [3.05, 3.63) is 48.0 Å². The quantitative estimate of drug-likeness (QED) is 0.511. The van der Waals surface area contributed by atoms with E-state index in [4.69, 9.17) is 5.11 Å². The zero-order chi connectivity index (χ0) is 15.6. The van der Waals surface area contributed by atoms with Gasteiger partial charge in [0.15, 0.2) is 0 Å². The van der Waals surface area contributed by atoms with Gasteiger partial charge in [0.2, 0.25) is 0 Å². The Balaban J connectivity index is 1.48. The smallest absolute Gasteiger partial charge is 0.315 e. The number of benzene rings is 1. The Morgan fingerprint density at radius 2 is 1.95 bits per heavy atom. The molecule has 0 saturated heterocycles. The molecule has 0 fully saturated rings. The Kier molecular flexibility index (Phi) is 6.97. The second-order valence-corrected chi connectivity index (χ2v) is 5.87. The predicted molar refractivity (Wildman–Crippen MR) is 88.7 cm³/mol. The van der Waals surface area contributed by atoms with E-state index < -0.39 is 0 Å². The first-order valence-electron chi connectivity index (χ1n) is 8.15. The number of carbonyl (C=O) groups excluding carboxylic acids is 1. The maximum absolute atomic E-state index is 11.7. The van der Waals surface area contributed by atoms with Gasteiger partial charge >= 0.3 is 6.03 Å². The molecule has 2 rings (SSSR count). The van der Waals surface area contributed by atoms with E-state index in [1.807, 2.05) is 18.2 Å². The van der Waals surface area contributed by atoms with Gasteiger partial charge in [-0.25, -0.2) is 4.79 Å². The SMILES string of the molecule is O=C(NCCCCCc1ccccc1)N[C@@H]1C=C[C@H](CO)C1. The molecule has 4 heteroatoms. The second-order valence-electron chi connectivity index (χ2n) is 5.87. The first-order valence-corrected chi connectivity index (χ1v) is 8.15. The fraction of sp³-hybridized carbons (Fsp3) is 0.500. The molecule has 22 heavy (non-hydrogen) atoms. The van der Waals surface area contributed by atoms with Gasteiger partial charge in [0, 0.05) is 25.1 Å². The van der Waals surface area contributed by atoms with Crippen LogP contribution in [0.4, 0.5) is 4.79 Å². The van der Waals surface area contributed by atoms with E-state index in [2.05, 4.69) is 34.9 Å². The first kappa shape index (κ1) is 16.6. The number of aryl methyl sites for hydroxylation is 1. The van der Waals surface area contributed by atoms with Crippen LogP contribution in [-0.2, 0) is 6.42 Å². The molecule has 0 radical (unpaired) electrons. The van der Waals surface area contributed by atoms with Gasteiger partial charge in [0.25, 0.3) is 0 Å². The third-order valence-electron chi connectivity index (χ3n) is 3.99. The number of aliphatic hydroxyl groups is 1. The average molecular weight is 302 g/mol. The van der Waals surface area contributed by atoms with Crippen LogP contribution in [0, 0.1) is 5.92 Å². The molecule has 1 aliphatic rings. The van der Waals surface area contributed by atoms with E-state index in [1.54, 1.807) is 0 Å². The molecule has 0 saturated carbocycles. The number of urea groups is 1. The van der Waals surface area contributed by atoms with Crippen LogP contribution >= 0.6 is 0 Å². The normalized spacial score (nSPS) is 20.0. The Hall–Kier alpha value is -1.81. The third kappa shape index (κ3) is 5.90. The zero-order valence-electron chi connectivity index (χ0n) is 13.0. The summed E-state index contributed by atoms with van der Waals surface area (Å²) >= 11 is 0. The Morgan fingerprint density at radius 3 is 2.68 bits per heavy atom. The summed E-state index contributed by atoms with van der Waals surface area (Å²) in [5.41, 5.74) is 1.37. The number of hydrogen-bond acceptors (Lipinski definition) is 2. The number of amides is 2. The molecule has 0 spiro atoms. The third-order valence-corrected chi connectivity index (χ3v) is 3.99. The number of hydrogen-bond donors (Lipinski definition) is 3. The Morgan fingerprint density at radius 1 is 1.14 bits per heavy atom. The van der Waals surface area contributed by atoms with E-state index in [0.717, 1.165) is 32.1 Å². The monoisotopic (exact) mass is 302 g/mol. The molecule has 1 aromatic rings. The molecule has 0 unspecified atom stereocenters. The topological polar surface area (TPSA) is 61.4 Å². The van der Waals surface area contributed by atoms with Crippen molar-refractivity contribution in [2.75, 3.05) is 13.2 Å². The summed E-state index contributed by atoms with van der Waals surface area (Å²) in [6, 6.07) is 10.4. The number of rotatable bonds is 8. The van der Waals surface area contributed by atoms with Crippen molar-refractivity contribution in [3.8, 4) is 0 Å². The van der Waals surface area contributed by atoms with Crippen molar-refractivity contribution in [2.45, 2.75) is 38.1 Å². The molecule has 1 aliphatic carbocycles. The van der Waals surface area contributed by atoms with Crippen LogP contribution in [0.2, 0.25) is 0 Å². The number of nitrogens with one attached hydrogen (secondary N) is 2. The molecule has 3 N–H and O–H groups in total. The lowest BCUT2D eigenvalue weighted by Gasteiger charge is -2.13. The molecule has 1 aromatic carbocycles. The minimum atomic E-state index is -0.115. The van der Waals surface area contributed by atoms with Crippen LogP contribution in [0.3, 0.4) is 0 Å². The summed E-state index contributed by atoms with van der Waals surface area (Å²) in [6.07, 6.45) is 9.08. The van der Waals surface area contributed by atoms with Gasteiger partial charge in [-0.1, -0.05) is 48.9 Å².